The van der Waals surface area contributed by atoms with Crippen molar-refractivity contribution in [1.82, 2.24) is 10.2 Å². The zero-order valence-corrected chi connectivity index (χ0v) is 13.3. The number of nitrogens with one attached hydrogen (secondary N) is 1. The van der Waals surface area contributed by atoms with Crippen molar-refractivity contribution < 1.29 is 14.6 Å². The van der Waals surface area contributed by atoms with Crippen LogP contribution in [0.1, 0.15) is 47.0 Å². The van der Waals surface area contributed by atoms with Crippen LogP contribution in [0.4, 0.5) is 0 Å². The van der Waals surface area contributed by atoms with Crippen molar-refractivity contribution in [3.8, 4) is 0 Å². The van der Waals surface area contributed by atoms with Gasteiger partial charge in [-0.15, -0.1) is 0 Å². The SMILES string of the molecule is CCN(CCC(C)(NC(C)C)C(=O)O)CC1CCCO1. The van der Waals surface area contributed by atoms with E-state index in [1.54, 1.807) is 6.92 Å². The molecule has 1 rings (SSSR count). The van der Waals surface area contributed by atoms with Gasteiger partial charge in [-0.1, -0.05) is 6.92 Å². The fourth-order valence-corrected chi connectivity index (χ4v) is 2.71. The largest absolute Gasteiger partial charge is 0.480 e. The highest BCUT2D eigenvalue weighted by molar-refractivity contribution is 5.78. The van der Waals surface area contributed by atoms with E-state index in [2.05, 4.69) is 17.1 Å². The monoisotopic (exact) mass is 286 g/mol. The smallest absolute Gasteiger partial charge is 0.323 e. The predicted octanol–water partition coefficient (Wildman–Crippen LogP) is 1.72. The number of carboxylic acids is 1. The normalized spacial score (nSPS) is 22.4. The Bertz CT molecular complexity index is 303. The fourth-order valence-electron chi connectivity index (χ4n) is 2.71. The van der Waals surface area contributed by atoms with Crippen LogP contribution in [0, 0.1) is 0 Å². The maximum absolute atomic E-state index is 11.5. The van der Waals surface area contributed by atoms with Crippen molar-refractivity contribution in [3.63, 3.8) is 0 Å². The van der Waals surface area contributed by atoms with Crippen LogP contribution in [0.5, 0.6) is 0 Å². The molecule has 1 heterocycles. The van der Waals surface area contributed by atoms with E-state index in [0.717, 1.165) is 39.1 Å². The highest BCUT2D eigenvalue weighted by Crippen LogP contribution is 2.16. The summed E-state index contributed by atoms with van der Waals surface area (Å²) in [5.74, 6) is -0.778. The number of carboxylic acid groups (broad SMARTS) is 1. The van der Waals surface area contributed by atoms with Gasteiger partial charge in [0.1, 0.15) is 5.54 Å². The number of nitrogens with zero attached hydrogens (tertiary/aromatic N) is 1. The third-order valence-electron chi connectivity index (χ3n) is 3.94. The molecule has 2 N–H and O–H groups in total. The van der Waals surface area contributed by atoms with E-state index in [9.17, 15) is 9.90 Å². The van der Waals surface area contributed by atoms with E-state index in [-0.39, 0.29) is 6.04 Å². The van der Waals surface area contributed by atoms with Gasteiger partial charge in [0.05, 0.1) is 6.10 Å². The Morgan fingerprint density at radius 2 is 2.25 bits per heavy atom. The molecule has 0 bridgehead atoms. The van der Waals surface area contributed by atoms with Gasteiger partial charge in [0.15, 0.2) is 0 Å². The maximum Gasteiger partial charge on any atom is 0.323 e. The molecule has 1 aliphatic rings. The summed E-state index contributed by atoms with van der Waals surface area (Å²) < 4.78 is 5.66. The zero-order valence-electron chi connectivity index (χ0n) is 13.3. The number of rotatable bonds is 9. The molecular weight excluding hydrogens is 256 g/mol. The number of hydrogen-bond acceptors (Lipinski definition) is 4. The van der Waals surface area contributed by atoms with Crippen LogP contribution in [0.3, 0.4) is 0 Å². The Balaban J connectivity index is 2.48. The molecule has 118 valence electrons. The first-order chi connectivity index (χ1) is 9.37. The molecule has 1 aliphatic heterocycles. The van der Waals surface area contributed by atoms with E-state index in [4.69, 9.17) is 4.74 Å². The molecule has 0 aliphatic carbocycles. The molecule has 2 unspecified atom stereocenters. The number of aliphatic carboxylic acids is 1. The van der Waals surface area contributed by atoms with Crippen molar-refractivity contribution in [2.24, 2.45) is 0 Å². The van der Waals surface area contributed by atoms with Gasteiger partial charge in [-0.25, -0.2) is 0 Å². The summed E-state index contributed by atoms with van der Waals surface area (Å²) in [6.07, 6.45) is 3.19. The molecule has 20 heavy (non-hydrogen) atoms. The minimum absolute atomic E-state index is 0.157. The molecule has 0 aromatic rings. The molecular formula is C15H30N2O3. The molecule has 5 heteroatoms. The first-order valence-electron chi connectivity index (χ1n) is 7.72. The van der Waals surface area contributed by atoms with Crippen LogP contribution in [0.25, 0.3) is 0 Å². The second-order valence-electron chi connectivity index (χ2n) is 6.21. The van der Waals surface area contributed by atoms with Crippen molar-refractivity contribution in [1.29, 1.82) is 0 Å². The number of likely N-dealkylation sites (N-methyl/N-ethyl adjacent to an activating group) is 1. The quantitative estimate of drug-likeness (QED) is 0.676. The Labute approximate surface area is 122 Å². The summed E-state index contributed by atoms with van der Waals surface area (Å²) >= 11 is 0. The van der Waals surface area contributed by atoms with E-state index in [1.807, 2.05) is 13.8 Å². The van der Waals surface area contributed by atoms with Crippen LogP contribution < -0.4 is 5.32 Å². The molecule has 2 atom stereocenters. The second-order valence-corrected chi connectivity index (χ2v) is 6.21. The summed E-state index contributed by atoms with van der Waals surface area (Å²) in [6.45, 7) is 11.3. The molecule has 1 saturated heterocycles. The topological polar surface area (TPSA) is 61.8 Å². The zero-order chi connectivity index (χ0) is 15.2. The van der Waals surface area contributed by atoms with Gasteiger partial charge >= 0.3 is 5.97 Å². The lowest BCUT2D eigenvalue weighted by atomic mass is 9.96. The van der Waals surface area contributed by atoms with E-state index < -0.39 is 11.5 Å². The van der Waals surface area contributed by atoms with E-state index in [0.29, 0.717) is 12.5 Å². The van der Waals surface area contributed by atoms with Gasteiger partial charge in [0, 0.05) is 25.7 Å². The summed E-state index contributed by atoms with van der Waals surface area (Å²) in [7, 11) is 0. The van der Waals surface area contributed by atoms with Crippen LogP contribution in [0.2, 0.25) is 0 Å². The lowest BCUT2D eigenvalue weighted by molar-refractivity contribution is -0.145. The number of carbonyl (C=O) groups is 1. The first kappa shape index (κ1) is 17.4. The summed E-state index contributed by atoms with van der Waals surface area (Å²) in [6, 6.07) is 0.157. The Morgan fingerprint density at radius 1 is 1.55 bits per heavy atom. The highest BCUT2D eigenvalue weighted by Gasteiger charge is 2.33. The third kappa shape index (κ3) is 5.38. The third-order valence-corrected chi connectivity index (χ3v) is 3.94. The minimum atomic E-state index is -0.863. The highest BCUT2D eigenvalue weighted by atomic mass is 16.5. The molecule has 0 amide bonds. The lowest BCUT2D eigenvalue weighted by Gasteiger charge is -2.32. The van der Waals surface area contributed by atoms with Crippen molar-refractivity contribution >= 4 is 5.97 Å². The average Bonchev–Trinajstić information content (AvgIpc) is 2.86. The standard InChI is InChI=1S/C15H30N2O3/c1-5-17(11-13-7-6-10-20-13)9-8-15(4,14(18)19)16-12(2)3/h12-13,16H,5-11H2,1-4H3,(H,18,19). The average molecular weight is 286 g/mol. The first-order valence-corrected chi connectivity index (χ1v) is 7.72. The molecule has 1 fully saturated rings. The molecule has 5 nitrogen and oxygen atoms in total. The molecule has 0 radical (unpaired) electrons. The summed E-state index contributed by atoms with van der Waals surface area (Å²) in [5, 5.41) is 12.6. The van der Waals surface area contributed by atoms with Gasteiger partial charge in [-0.05, 0) is 46.6 Å². The number of ether oxygens (including phenoxy) is 1. The minimum Gasteiger partial charge on any atom is -0.480 e. The molecule has 0 saturated carbocycles. The van der Waals surface area contributed by atoms with Crippen molar-refractivity contribution in [3.05, 3.63) is 0 Å². The molecule has 0 aromatic heterocycles. The van der Waals surface area contributed by atoms with Crippen LogP contribution in [0.15, 0.2) is 0 Å². The van der Waals surface area contributed by atoms with Crippen LogP contribution in [-0.4, -0.2) is 59.9 Å². The Kier molecular flexibility index (Phi) is 6.92. The fraction of sp³-hybridized carbons (Fsp3) is 0.933. The molecule has 0 spiro atoms. The molecule has 0 aromatic carbocycles. The van der Waals surface area contributed by atoms with Gasteiger partial charge in [0.2, 0.25) is 0 Å². The van der Waals surface area contributed by atoms with Gasteiger partial charge < -0.3 is 14.7 Å². The lowest BCUT2D eigenvalue weighted by Crippen LogP contribution is -2.54. The number of hydrogen-bond donors (Lipinski definition) is 2. The maximum atomic E-state index is 11.5. The van der Waals surface area contributed by atoms with E-state index >= 15 is 0 Å². The summed E-state index contributed by atoms with van der Waals surface area (Å²) in [5.41, 5.74) is -0.863. The second kappa shape index (κ2) is 7.96. The van der Waals surface area contributed by atoms with Crippen LogP contribution >= 0.6 is 0 Å². The van der Waals surface area contributed by atoms with Crippen molar-refractivity contribution in [2.45, 2.75) is 64.6 Å². The summed E-state index contributed by atoms with van der Waals surface area (Å²) in [4.78, 5) is 13.8. The Morgan fingerprint density at radius 3 is 2.70 bits per heavy atom. The van der Waals surface area contributed by atoms with Gasteiger partial charge in [-0.3, -0.25) is 10.1 Å². The van der Waals surface area contributed by atoms with Crippen molar-refractivity contribution in [2.75, 3.05) is 26.2 Å². The van der Waals surface area contributed by atoms with E-state index in [1.165, 1.54) is 0 Å². The Hall–Kier alpha value is -0.650. The predicted molar refractivity (Wildman–Crippen MR) is 80.0 cm³/mol. The van der Waals surface area contributed by atoms with Crippen LogP contribution in [-0.2, 0) is 9.53 Å². The van der Waals surface area contributed by atoms with Gasteiger partial charge in [0.25, 0.3) is 0 Å². The van der Waals surface area contributed by atoms with Gasteiger partial charge in [-0.2, -0.15) is 0 Å².